The minimum absolute atomic E-state index is 0.154. The molecule has 1 rings (SSSR count). The Labute approximate surface area is 100 Å². The largest absolute Gasteiger partial charge is 0.355 e. The smallest absolute Gasteiger partial charge is 0.251 e. The van der Waals surface area contributed by atoms with Gasteiger partial charge in [-0.3, -0.25) is 9.59 Å². The van der Waals surface area contributed by atoms with Crippen molar-refractivity contribution in [3.8, 4) is 0 Å². The molecular formula is C12H17N3O2. The molecule has 0 saturated heterocycles. The number of nitrogens with two attached hydrogens (primary N) is 1. The van der Waals surface area contributed by atoms with Crippen LogP contribution in [-0.2, 0) is 4.79 Å². The molecule has 0 bridgehead atoms. The molecule has 0 aliphatic heterocycles. The lowest BCUT2D eigenvalue weighted by Gasteiger charge is -2.11. The average molecular weight is 235 g/mol. The van der Waals surface area contributed by atoms with Gasteiger partial charge in [0.15, 0.2) is 0 Å². The second-order valence-corrected chi connectivity index (χ2v) is 3.89. The van der Waals surface area contributed by atoms with E-state index in [1.165, 1.54) is 0 Å². The zero-order valence-electron chi connectivity index (χ0n) is 10.2. The summed E-state index contributed by atoms with van der Waals surface area (Å²) in [7, 11) is 1.57. The zero-order valence-corrected chi connectivity index (χ0v) is 10.2. The lowest BCUT2D eigenvalue weighted by Crippen LogP contribution is -2.32. The normalized spacial score (nSPS) is 11.8. The van der Waals surface area contributed by atoms with E-state index >= 15 is 0 Å². The third-order valence-corrected chi connectivity index (χ3v) is 2.39. The van der Waals surface area contributed by atoms with Crippen LogP contribution in [0.15, 0.2) is 18.2 Å². The molecule has 0 radical (unpaired) electrons. The van der Waals surface area contributed by atoms with E-state index in [4.69, 9.17) is 5.73 Å². The summed E-state index contributed by atoms with van der Waals surface area (Å²) in [5, 5.41) is 5.24. The topological polar surface area (TPSA) is 84.2 Å². The lowest BCUT2D eigenvalue weighted by molar-refractivity contribution is -0.117. The van der Waals surface area contributed by atoms with Gasteiger partial charge in [-0.1, -0.05) is 0 Å². The first-order chi connectivity index (χ1) is 7.95. The molecule has 17 heavy (non-hydrogen) atoms. The van der Waals surface area contributed by atoms with Gasteiger partial charge in [0.2, 0.25) is 5.91 Å². The predicted octanol–water partition coefficient (Wildman–Crippen LogP) is 0.640. The van der Waals surface area contributed by atoms with Crippen LogP contribution in [0.1, 0.15) is 22.8 Å². The van der Waals surface area contributed by atoms with Crippen LogP contribution >= 0.6 is 0 Å². The first-order valence-corrected chi connectivity index (χ1v) is 5.35. The van der Waals surface area contributed by atoms with Crippen molar-refractivity contribution in [1.82, 2.24) is 5.32 Å². The maximum atomic E-state index is 11.4. The van der Waals surface area contributed by atoms with Gasteiger partial charge in [0.25, 0.3) is 5.91 Å². The van der Waals surface area contributed by atoms with Gasteiger partial charge in [0.05, 0.1) is 6.04 Å². The summed E-state index contributed by atoms with van der Waals surface area (Å²) >= 11 is 0. The van der Waals surface area contributed by atoms with E-state index in [0.29, 0.717) is 11.3 Å². The van der Waals surface area contributed by atoms with Crippen LogP contribution in [0.25, 0.3) is 0 Å². The quantitative estimate of drug-likeness (QED) is 0.718. The van der Waals surface area contributed by atoms with E-state index in [1.807, 2.05) is 6.92 Å². The van der Waals surface area contributed by atoms with E-state index in [0.717, 1.165) is 5.56 Å². The molecule has 2 amide bonds. The van der Waals surface area contributed by atoms with Crippen LogP contribution in [0.4, 0.5) is 5.69 Å². The second-order valence-electron chi connectivity index (χ2n) is 3.89. The molecule has 1 aromatic carbocycles. The van der Waals surface area contributed by atoms with Crippen LogP contribution in [0, 0.1) is 6.92 Å². The molecule has 0 aromatic heterocycles. The molecule has 5 nitrogen and oxygen atoms in total. The van der Waals surface area contributed by atoms with Gasteiger partial charge in [0, 0.05) is 18.3 Å². The van der Waals surface area contributed by atoms with Crippen molar-refractivity contribution >= 4 is 17.5 Å². The number of carbonyl (C=O) groups is 2. The van der Waals surface area contributed by atoms with Gasteiger partial charge in [-0.2, -0.15) is 0 Å². The highest BCUT2D eigenvalue weighted by Crippen LogP contribution is 2.16. The van der Waals surface area contributed by atoms with Crippen LogP contribution in [-0.4, -0.2) is 24.9 Å². The monoisotopic (exact) mass is 235 g/mol. The number of aryl methyl sites for hydroxylation is 1. The highest BCUT2D eigenvalue weighted by atomic mass is 16.2. The summed E-state index contributed by atoms with van der Waals surface area (Å²) in [5.41, 5.74) is 7.50. The van der Waals surface area contributed by atoms with Gasteiger partial charge < -0.3 is 16.4 Å². The first-order valence-electron chi connectivity index (χ1n) is 5.35. The molecule has 5 heteroatoms. The standard InChI is InChI=1S/C12H17N3O2/c1-7-6-9(12(17)14-3)4-5-10(7)15-11(16)8(2)13/h4-6,8H,13H2,1-3H3,(H,14,17)(H,15,16)/t8-/m0/s1. The molecule has 1 aromatic rings. The minimum atomic E-state index is -0.562. The summed E-state index contributed by atoms with van der Waals surface area (Å²) in [6.07, 6.45) is 0. The van der Waals surface area contributed by atoms with Crippen LogP contribution < -0.4 is 16.4 Å². The Bertz CT molecular complexity index is 441. The number of anilines is 1. The molecule has 0 spiro atoms. The second kappa shape index (κ2) is 5.45. The number of nitrogens with one attached hydrogen (secondary N) is 2. The Morgan fingerprint density at radius 1 is 1.35 bits per heavy atom. The number of carbonyl (C=O) groups excluding carboxylic acids is 2. The van der Waals surface area contributed by atoms with Crippen molar-refractivity contribution in [3.05, 3.63) is 29.3 Å². The Morgan fingerprint density at radius 2 is 2.00 bits per heavy atom. The van der Waals surface area contributed by atoms with Crippen molar-refractivity contribution in [3.63, 3.8) is 0 Å². The SMILES string of the molecule is CNC(=O)c1ccc(NC(=O)[C@H](C)N)c(C)c1. The summed E-state index contributed by atoms with van der Waals surface area (Å²) in [5.74, 6) is -0.404. The molecule has 0 heterocycles. The Kier molecular flexibility index (Phi) is 4.23. The first kappa shape index (κ1) is 13.2. The fourth-order valence-corrected chi connectivity index (χ4v) is 1.34. The average Bonchev–Trinajstić information content (AvgIpc) is 2.30. The third-order valence-electron chi connectivity index (χ3n) is 2.39. The molecular weight excluding hydrogens is 218 g/mol. The van der Waals surface area contributed by atoms with Crippen molar-refractivity contribution in [1.29, 1.82) is 0 Å². The van der Waals surface area contributed by atoms with E-state index in [-0.39, 0.29) is 11.8 Å². The molecule has 92 valence electrons. The third kappa shape index (κ3) is 3.29. The van der Waals surface area contributed by atoms with Crippen molar-refractivity contribution in [2.75, 3.05) is 12.4 Å². The predicted molar refractivity (Wildman–Crippen MR) is 66.8 cm³/mol. The molecule has 0 aliphatic rings. The minimum Gasteiger partial charge on any atom is -0.355 e. The van der Waals surface area contributed by atoms with Crippen molar-refractivity contribution in [2.24, 2.45) is 5.73 Å². The van der Waals surface area contributed by atoms with E-state index in [2.05, 4.69) is 10.6 Å². The van der Waals surface area contributed by atoms with Crippen LogP contribution in [0.5, 0.6) is 0 Å². The summed E-state index contributed by atoms with van der Waals surface area (Å²) in [6.45, 7) is 3.44. The van der Waals surface area contributed by atoms with Crippen LogP contribution in [0.3, 0.4) is 0 Å². The number of hydrogen-bond donors (Lipinski definition) is 3. The number of rotatable bonds is 3. The lowest BCUT2D eigenvalue weighted by atomic mass is 10.1. The number of benzene rings is 1. The van der Waals surface area contributed by atoms with Crippen molar-refractivity contribution < 1.29 is 9.59 Å². The highest BCUT2D eigenvalue weighted by molar-refractivity contribution is 5.97. The molecule has 0 aliphatic carbocycles. The molecule has 0 unspecified atom stereocenters. The van der Waals surface area contributed by atoms with E-state index < -0.39 is 6.04 Å². The van der Waals surface area contributed by atoms with E-state index in [1.54, 1.807) is 32.2 Å². The van der Waals surface area contributed by atoms with Gasteiger partial charge in [-0.25, -0.2) is 0 Å². The molecule has 0 saturated carbocycles. The molecule has 0 fully saturated rings. The van der Waals surface area contributed by atoms with Gasteiger partial charge in [0.1, 0.15) is 0 Å². The summed E-state index contributed by atoms with van der Waals surface area (Å²) in [6, 6.07) is 4.51. The van der Waals surface area contributed by atoms with Gasteiger partial charge in [-0.15, -0.1) is 0 Å². The Hall–Kier alpha value is -1.88. The summed E-state index contributed by atoms with van der Waals surface area (Å²) in [4.78, 5) is 22.8. The maximum absolute atomic E-state index is 11.4. The number of hydrogen-bond acceptors (Lipinski definition) is 3. The Balaban J connectivity index is 2.90. The Morgan fingerprint density at radius 3 is 2.47 bits per heavy atom. The van der Waals surface area contributed by atoms with Gasteiger partial charge in [-0.05, 0) is 37.6 Å². The number of amides is 2. The molecule has 1 atom stereocenters. The maximum Gasteiger partial charge on any atom is 0.251 e. The van der Waals surface area contributed by atoms with Crippen LogP contribution in [0.2, 0.25) is 0 Å². The molecule has 4 N–H and O–H groups in total. The summed E-state index contributed by atoms with van der Waals surface area (Å²) < 4.78 is 0. The zero-order chi connectivity index (χ0) is 13.0. The van der Waals surface area contributed by atoms with E-state index in [9.17, 15) is 9.59 Å². The highest BCUT2D eigenvalue weighted by Gasteiger charge is 2.10. The van der Waals surface area contributed by atoms with Crippen molar-refractivity contribution in [2.45, 2.75) is 19.9 Å². The van der Waals surface area contributed by atoms with Gasteiger partial charge >= 0.3 is 0 Å². The fourth-order valence-electron chi connectivity index (χ4n) is 1.34. The fraction of sp³-hybridized carbons (Fsp3) is 0.333.